The summed E-state index contributed by atoms with van der Waals surface area (Å²) in [5.41, 5.74) is 0.603. The third kappa shape index (κ3) is 2.56. The Labute approximate surface area is 106 Å². The molecule has 0 aliphatic carbocycles. The minimum absolute atomic E-state index is 0.0928. The van der Waals surface area contributed by atoms with E-state index in [4.69, 9.17) is 0 Å². The molecule has 7 heteroatoms. The van der Waals surface area contributed by atoms with Gasteiger partial charge in [0.05, 0.1) is 9.82 Å². The molecule has 0 amide bonds. The second-order valence-corrected chi connectivity index (χ2v) is 5.24. The van der Waals surface area contributed by atoms with Crippen LogP contribution < -0.4 is 5.32 Å². The van der Waals surface area contributed by atoms with Crippen LogP contribution in [0.2, 0.25) is 0 Å². The van der Waals surface area contributed by atoms with Crippen LogP contribution in [0, 0.1) is 10.1 Å². The van der Waals surface area contributed by atoms with Crippen LogP contribution in [0.3, 0.4) is 0 Å². The van der Waals surface area contributed by atoms with Gasteiger partial charge in [-0.15, -0.1) is 11.3 Å². The van der Waals surface area contributed by atoms with Crippen molar-refractivity contribution in [1.82, 2.24) is 4.98 Å². The van der Waals surface area contributed by atoms with Crippen LogP contribution in [0.15, 0.2) is 39.0 Å². The third-order valence-corrected chi connectivity index (χ3v) is 3.99. The Kier molecular flexibility index (Phi) is 3.60. The maximum Gasteiger partial charge on any atom is 0.306 e. The largest absolute Gasteiger partial charge is 0.383 e. The van der Waals surface area contributed by atoms with E-state index >= 15 is 0 Å². The molecule has 0 atom stereocenters. The highest BCUT2D eigenvalue weighted by molar-refractivity contribution is 8.01. The molecule has 17 heavy (non-hydrogen) atoms. The number of nitro groups is 1. The van der Waals surface area contributed by atoms with E-state index in [2.05, 4.69) is 10.3 Å². The number of para-hydroxylation sites is 1. The smallest absolute Gasteiger partial charge is 0.306 e. The first-order chi connectivity index (χ1) is 8.22. The van der Waals surface area contributed by atoms with E-state index in [0.29, 0.717) is 10.6 Å². The van der Waals surface area contributed by atoms with Crippen molar-refractivity contribution in [1.29, 1.82) is 0 Å². The number of anilines is 1. The number of hydrogen-bond acceptors (Lipinski definition) is 6. The average molecular weight is 267 g/mol. The first kappa shape index (κ1) is 11.9. The Hall–Kier alpha value is -1.60. The molecule has 0 spiro atoms. The summed E-state index contributed by atoms with van der Waals surface area (Å²) in [7, 11) is 1.67. The van der Waals surface area contributed by atoms with Crippen molar-refractivity contribution in [3.05, 3.63) is 39.9 Å². The number of thiazole rings is 1. The molecular weight excluding hydrogens is 258 g/mol. The highest BCUT2D eigenvalue weighted by Crippen LogP contribution is 2.39. The second-order valence-electron chi connectivity index (χ2n) is 3.06. The molecule has 5 nitrogen and oxygen atoms in total. The van der Waals surface area contributed by atoms with Crippen LogP contribution in [-0.2, 0) is 0 Å². The first-order valence-corrected chi connectivity index (χ1v) is 6.44. The van der Waals surface area contributed by atoms with Crippen molar-refractivity contribution in [2.45, 2.75) is 9.24 Å². The number of hydrogen-bond donors (Lipinski definition) is 1. The topological polar surface area (TPSA) is 68.1 Å². The summed E-state index contributed by atoms with van der Waals surface area (Å²) in [5.74, 6) is 0. The molecule has 1 N–H and O–H groups in total. The van der Waals surface area contributed by atoms with Crippen molar-refractivity contribution in [3.8, 4) is 0 Å². The molecule has 2 rings (SSSR count). The maximum absolute atomic E-state index is 11.1. The van der Waals surface area contributed by atoms with E-state index < -0.39 is 0 Å². The predicted molar refractivity (Wildman–Crippen MR) is 68.9 cm³/mol. The molecule has 2 aromatic rings. The lowest BCUT2D eigenvalue weighted by molar-refractivity contribution is -0.386. The van der Waals surface area contributed by atoms with Crippen molar-refractivity contribution in [3.63, 3.8) is 0 Å². The zero-order valence-electron chi connectivity index (χ0n) is 8.91. The number of nitrogens with zero attached hydrogens (tertiary/aromatic N) is 2. The highest BCUT2D eigenvalue weighted by Gasteiger charge is 2.20. The van der Waals surface area contributed by atoms with Crippen molar-refractivity contribution >= 4 is 34.5 Å². The van der Waals surface area contributed by atoms with Crippen LogP contribution in [0.4, 0.5) is 11.4 Å². The molecule has 1 aromatic carbocycles. The van der Waals surface area contributed by atoms with E-state index in [1.807, 2.05) is 5.38 Å². The van der Waals surface area contributed by atoms with Gasteiger partial charge in [0.25, 0.3) is 0 Å². The molecule has 0 saturated carbocycles. The molecule has 0 unspecified atom stereocenters. The van der Waals surface area contributed by atoms with Crippen LogP contribution in [0.1, 0.15) is 0 Å². The van der Waals surface area contributed by atoms with Gasteiger partial charge in [0.2, 0.25) is 0 Å². The minimum Gasteiger partial charge on any atom is -0.383 e. The van der Waals surface area contributed by atoms with E-state index in [1.54, 1.807) is 31.4 Å². The summed E-state index contributed by atoms with van der Waals surface area (Å²) < 4.78 is 0.793. The van der Waals surface area contributed by atoms with E-state index in [0.717, 1.165) is 4.34 Å². The number of rotatable bonds is 4. The van der Waals surface area contributed by atoms with Gasteiger partial charge in [0.1, 0.15) is 5.69 Å². The molecular formula is C10H9N3O2S2. The Bertz CT molecular complexity index is 528. The molecule has 1 heterocycles. The molecule has 0 saturated heterocycles. The summed E-state index contributed by atoms with van der Waals surface area (Å²) in [6.07, 6.45) is 1.68. The lowest BCUT2D eigenvalue weighted by Gasteiger charge is -2.05. The number of benzene rings is 1. The second kappa shape index (κ2) is 5.15. The van der Waals surface area contributed by atoms with Gasteiger partial charge in [-0.3, -0.25) is 10.1 Å². The first-order valence-electron chi connectivity index (χ1n) is 4.75. The molecule has 0 bridgehead atoms. The molecule has 0 aliphatic heterocycles. The molecule has 0 aliphatic rings. The SMILES string of the molecule is CNc1cccc(Sc2nccs2)c1[N+](=O)[O-]. The summed E-state index contributed by atoms with van der Waals surface area (Å²) in [4.78, 5) is 15.4. The lowest BCUT2D eigenvalue weighted by Crippen LogP contribution is -1.97. The quantitative estimate of drug-likeness (QED) is 0.680. The van der Waals surface area contributed by atoms with Gasteiger partial charge in [-0.2, -0.15) is 0 Å². The zero-order valence-corrected chi connectivity index (χ0v) is 10.5. The van der Waals surface area contributed by atoms with Gasteiger partial charge in [-0.1, -0.05) is 17.8 Å². The van der Waals surface area contributed by atoms with Gasteiger partial charge >= 0.3 is 5.69 Å². The van der Waals surface area contributed by atoms with Gasteiger partial charge < -0.3 is 5.32 Å². The van der Waals surface area contributed by atoms with Crippen molar-refractivity contribution < 1.29 is 4.92 Å². The minimum atomic E-state index is -0.373. The van der Waals surface area contributed by atoms with Crippen molar-refractivity contribution in [2.75, 3.05) is 12.4 Å². The average Bonchev–Trinajstić information content (AvgIpc) is 2.81. The normalized spacial score (nSPS) is 10.2. The number of aromatic nitrogens is 1. The standard InChI is InChI=1S/C10H9N3O2S2/c1-11-7-3-2-4-8(9(7)13(14)15)17-10-12-5-6-16-10/h2-6,11H,1H3. The van der Waals surface area contributed by atoms with Crippen LogP contribution >= 0.6 is 23.1 Å². The Morgan fingerprint density at radius 1 is 1.53 bits per heavy atom. The van der Waals surface area contributed by atoms with Gasteiger partial charge in [0.15, 0.2) is 4.34 Å². The molecule has 0 radical (unpaired) electrons. The van der Waals surface area contributed by atoms with E-state index in [9.17, 15) is 10.1 Å². The fourth-order valence-corrected chi connectivity index (χ4v) is 3.07. The highest BCUT2D eigenvalue weighted by atomic mass is 32.2. The number of nitro benzene ring substituents is 1. The van der Waals surface area contributed by atoms with Gasteiger partial charge in [0, 0.05) is 18.6 Å². The zero-order chi connectivity index (χ0) is 12.3. The summed E-state index contributed by atoms with van der Waals surface area (Å²) in [6.45, 7) is 0. The summed E-state index contributed by atoms with van der Waals surface area (Å²) >= 11 is 2.76. The van der Waals surface area contributed by atoms with Crippen molar-refractivity contribution in [2.24, 2.45) is 0 Å². The summed E-state index contributed by atoms with van der Waals surface area (Å²) in [5, 5.41) is 15.7. The summed E-state index contributed by atoms with van der Waals surface area (Å²) in [6, 6.07) is 5.20. The maximum atomic E-state index is 11.1. The van der Waals surface area contributed by atoms with E-state index in [-0.39, 0.29) is 10.6 Å². The molecule has 0 fully saturated rings. The lowest BCUT2D eigenvalue weighted by atomic mass is 10.3. The fourth-order valence-electron chi connectivity index (χ4n) is 1.35. The van der Waals surface area contributed by atoms with Crippen LogP contribution in [-0.4, -0.2) is 17.0 Å². The van der Waals surface area contributed by atoms with Gasteiger partial charge in [-0.25, -0.2) is 4.98 Å². The number of nitrogens with one attached hydrogen (secondary N) is 1. The van der Waals surface area contributed by atoms with E-state index in [1.165, 1.54) is 23.1 Å². The monoisotopic (exact) mass is 267 g/mol. The molecule has 88 valence electrons. The third-order valence-electron chi connectivity index (χ3n) is 2.06. The Morgan fingerprint density at radius 2 is 2.35 bits per heavy atom. The van der Waals surface area contributed by atoms with Crippen LogP contribution in [0.25, 0.3) is 0 Å². The fraction of sp³-hybridized carbons (Fsp3) is 0.100. The Balaban J connectivity index is 2.42. The predicted octanol–water partition coefficient (Wildman–Crippen LogP) is 3.24. The van der Waals surface area contributed by atoms with Crippen LogP contribution in [0.5, 0.6) is 0 Å². The van der Waals surface area contributed by atoms with Gasteiger partial charge in [-0.05, 0) is 12.1 Å². The Morgan fingerprint density at radius 3 is 2.94 bits per heavy atom. The molecule has 1 aromatic heterocycles.